The first-order valence-corrected chi connectivity index (χ1v) is 18.2. The topological polar surface area (TPSA) is 117 Å². The van der Waals surface area contributed by atoms with E-state index in [4.69, 9.17) is 9.47 Å². The van der Waals surface area contributed by atoms with Gasteiger partial charge in [-0.25, -0.2) is 27.5 Å². The molecular formula is C33H47FN6O5S. The standard InChI is InChI=1S/C33H47FN6O5S/c1-4-40(23(2)3)32(41)28-15-25(34)7-10-29(28)45-30-16-35-22-36-31(30)39-20-33(21-39)11-13-38(14-12-33)17-24-5-8-26(9-6-24)37-46(42,43)27-18-44-19-27/h7,10,15-16,22-24,26-27,37H,4-6,8-9,11-14,17-21H2,1-3H3. The Morgan fingerprint density at radius 2 is 1.87 bits per heavy atom. The van der Waals surface area contributed by atoms with Gasteiger partial charge < -0.3 is 24.2 Å². The van der Waals surface area contributed by atoms with Gasteiger partial charge in [0, 0.05) is 43.7 Å². The lowest BCUT2D eigenvalue weighted by Crippen LogP contribution is -2.61. The fraction of sp³-hybridized carbons (Fsp3) is 0.667. The average molecular weight is 659 g/mol. The van der Waals surface area contributed by atoms with E-state index in [1.807, 2.05) is 20.8 Å². The second-order valence-electron chi connectivity index (χ2n) is 13.8. The number of hydrogen-bond donors (Lipinski definition) is 1. The largest absolute Gasteiger partial charge is 0.451 e. The lowest BCUT2D eigenvalue weighted by atomic mass is 9.71. The predicted octanol–water partition coefficient (Wildman–Crippen LogP) is 4.06. The molecule has 6 rings (SSSR count). The molecule has 4 fully saturated rings. The van der Waals surface area contributed by atoms with Crippen LogP contribution in [0.5, 0.6) is 11.5 Å². The van der Waals surface area contributed by atoms with Crippen molar-refractivity contribution in [3.8, 4) is 11.5 Å². The smallest absolute Gasteiger partial charge is 0.257 e. The minimum Gasteiger partial charge on any atom is -0.451 e. The van der Waals surface area contributed by atoms with E-state index in [2.05, 4.69) is 24.5 Å². The van der Waals surface area contributed by atoms with E-state index in [1.165, 1.54) is 24.5 Å². The van der Waals surface area contributed by atoms with Gasteiger partial charge in [0.25, 0.3) is 5.91 Å². The molecule has 46 heavy (non-hydrogen) atoms. The summed E-state index contributed by atoms with van der Waals surface area (Å²) in [7, 11) is -3.27. The number of piperidine rings is 1. The number of halogens is 1. The van der Waals surface area contributed by atoms with Crippen LogP contribution in [-0.4, -0.2) is 104 Å². The van der Waals surface area contributed by atoms with E-state index in [9.17, 15) is 17.6 Å². The SMILES string of the molecule is CCN(C(=O)c1cc(F)ccc1Oc1cncnc1N1CC2(CCN(CC3CCC(NS(=O)(=O)C4COC4)CC3)CC2)C1)C(C)C. The number of amides is 1. The molecule has 1 aliphatic carbocycles. The third-order valence-corrected chi connectivity index (χ3v) is 12.1. The van der Waals surface area contributed by atoms with Gasteiger partial charge in [-0.05, 0) is 96.5 Å². The Morgan fingerprint density at radius 1 is 1.15 bits per heavy atom. The van der Waals surface area contributed by atoms with Crippen molar-refractivity contribution < 1.29 is 27.1 Å². The number of likely N-dealkylation sites (tertiary alicyclic amines) is 1. The van der Waals surface area contributed by atoms with Crippen molar-refractivity contribution in [3.63, 3.8) is 0 Å². The summed E-state index contributed by atoms with van der Waals surface area (Å²) in [5, 5.41) is -0.387. The minimum absolute atomic E-state index is 0.0380. The number of aromatic nitrogens is 2. The molecule has 13 heteroatoms. The molecule has 1 aromatic heterocycles. The Kier molecular flexibility index (Phi) is 9.84. The van der Waals surface area contributed by atoms with E-state index in [-0.39, 0.29) is 40.0 Å². The molecule has 0 unspecified atom stereocenters. The molecule has 1 spiro atoms. The Morgan fingerprint density at radius 3 is 2.50 bits per heavy atom. The van der Waals surface area contributed by atoms with E-state index < -0.39 is 15.8 Å². The van der Waals surface area contributed by atoms with E-state index in [1.54, 1.807) is 11.1 Å². The van der Waals surface area contributed by atoms with Crippen LogP contribution >= 0.6 is 0 Å². The van der Waals surface area contributed by atoms with Gasteiger partial charge in [0.2, 0.25) is 10.0 Å². The van der Waals surface area contributed by atoms with Crippen LogP contribution < -0.4 is 14.4 Å². The highest BCUT2D eigenvalue weighted by molar-refractivity contribution is 7.90. The van der Waals surface area contributed by atoms with E-state index in [0.29, 0.717) is 37.2 Å². The average Bonchev–Trinajstić information content (AvgIpc) is 2.97. The van der Waals surface area contributed by atoms with Gasteiger partial charge in [-0.2, -0.15) is 0 Å². The zero-order chi connectivity index (χ0) is 32.5. The number of benzene rings is 1. The molecular weight excluding hydrogens is 611 g/mol. The van der Waals surface area contributed by atoms with Crippen molar-refractivity contribution in [1.29, 1.82) is 0 Å². The summed E-state index contributed by atoms with van der Waals surface area (Å²) in [5.74, 6) is 1.24. The third kappa shape index (κ3) is 7.17. The molecule has 3 saturated heterocycles. The maximum absolute atomic E-state index is 14.3. The van der Waals surface area contributed by atoms with Crippen LogP contribution in [0.3, 0.4) is 0 Å². The first-order chi connectivity index (χ1) is 22.1. The van der Waals surface area contributed by atoms with Crippen LogP contribution in [0.25, 0.3) is 0 Å². The first kappa shape index (κ1) is 33.0. The second kappa shape index (κ2) is 13.7. The fourth-order valence-electron chi connectivity index (χ4n) is 7.38. The van der Waals surface area contributed by atoms with Crippen LogP contribution in [0.1, 0.15) is 69.7 Å². The second-order valence-corrected chi connectivity index (χ2v) is 15.8. The zero-order valence-electron chi connectivity index (χ0n) is 27.2. The third-order valence-electron chi connectivity index (χ3n) is 10.3. The lowest BCUT2D eigenvalue weighted by Gasteiger charge is -2.54. The number of nitrogens with zero attached hydrogens (tertiary/aromatic N) is 5. The van der Waals surface area contributed by atoms with Crippen molar-refractivity contribution in [3.05, 3.63) is 42.1 Å². The Labute approximate surface area is 271 Å². The van der Waals surface area contributed by atoms with Gasteiger partial charge in [0.05, 0.1) is 25.0 Å². The minimum atomic E-state index is -3.27. The number of carbonyl (C=O) groups is 1. The molecule has 11 nitrogen and oxygen atoms in total. The number of carbonyl (C=O) groups excluding carboxylic acids is 1. The number of rotatable bonds is 11. The van der Waals surface area contributed by atoms with Crippen LogP contribution in [0.15, 0.2) is 30.7 Å². The van der Waals surface area contributed by atoms with Crippen molar-refractivity contribution in [1.82, 2.24) is 24.5 Å². The predicted molar refractivity (Wildman–Crippen MR) is 173 cm³/mol. The number of nitrogens with one attached hydrogen (secondary N) is 1. The molecule has 4 heterocycles. The van der Waals surface area contributed by atoms with Crippen LogP contribution in [0, 0.1) is 17.2 Å². The molecule has 3 aliphatic heterocycles. The molecule has 4 aliphatic rings. The van der Waals surface area contributed by atoms with Crippen molar-refractivity contribution in [2.75, 3.05) is 57.4 Å². The summed E-state index contributed by atoms with van der Waals surface area (Å²) in [6, 6.07) is 4.04. The Bertz CT molecular complexity index is 1480. The lowest BCUT2D eigenvalue weighted by molar-refractivity contribution is 0.0407. The van der Waals surface area contributed by atoms with Gasteiger partial charge in [0.1, 0.15) is 23.1 Å². The van der Waals surface area contributed by atoms with Gasteiger partial charge in [-0.3, -0.25) is 4.79 Å². The monoisotopic (exact) mass is 658 g/mol. The van der Waals surface area contributed by atoms with Gasteiger partial charge in [0.15, 0.2) is 11.6 Å². The maximum Gasteiger partial charge on any atom is 0.257 e. The van der Waals surface area contributed by atoms with Gasteiger partial charge >= 0.3 is 0 Å². The van der Waals surface area contributed by atoms with Gasteiger partial charge in [-0.1, -0.05) is 0 Å². The van der Waals surface area contributed by atoms with Crippen LogP contribution in [-0.2, 0) is 14.8 Å². The number of sulfonamides is 1. The summed E-state index contributed by atoms with van der Waals surface area (Å²) in [6.45, 7) is 11.8. The number of ether oxygens (including phenoxy) is 2. The van der Waals surface area contributed by atoms with Crippen LogP contribution in [0.2, 0.25) is 0 Å². The molecule has 1 aromatic carbocycles. The normalized spacial score (nSPS) is 23.6. The maximum atomic E-state index is 14.3. The molecule has 252 valence electrons. The molecule has 0 radical (unpaired) electrons. The summed E-state index contributed by atoms with van der Waals surface area (Å²) in [6.07, 6.45) is 9.24. The molecule has 2 aromatic rings. The highest BCUT2D eigenvalue weighted by Gasteiger charge is 2.46. The molecule has 1 amide bonds. The number of hydrogen-bond acceptors (Lipinski definition) is 9. The Hall–Kier alpha value is -2.87. The number of anilines is 1. The van der Waals surface area contributed by atoms with Crippen molar-refractivity contribution >= 4 is 21.7 Å². The molecule has 1 N–H and O–H groups in total. The molecule has 0 atom stereocenters. The van der Waals surface area contributed by atoms with Crippen molar-refractivity contribution in [2.24, 2.45) is 11.3 Å². The van der Waals surface area contributed by atoms with E-state index in [0.717, 1.165) is 71.2 Å². The first-order valence-electron chi connectivity index (χ1n) is 16.7. The Balaban J connectivity index is 1.01. The highest BCUT2D eigenvalue weighted by Crippen LogP contribution is 2.45. The summed E-state index contributed by atoms with van der Waals surface area (Å²) in [5.41, 5.74) is 0.409. The zero-order valence-corrected chi connectivity index (χ0v) is 28.0. The van der Waals surface area contributed by atoms with E-state index >= 15 is 0 Å². The molecule has 1 saturated carbocycles. The van der Waals surface area contributed by atoms with Crippen LogP contribution in [0.4, 0.5) is 10.2 Å². The summed E-state index contributed by atoms with van der Waals surface area (Å²) in [4.78, 5) is 28.5. The summed E-state index contributed by atoms with van der Waals surface area (Å²) < 4.78 is 53.4. The summed E-state index contributed by atoms with van der Waals surface area (Å²) >= 11 is 0. The molecule has 0 bridgehead atoms. The van der Waals surface area contributed by atoms with Crippen molar-refractivity contribution in [2.45, 2.75) is 76.6 Å². The fourth-order valence-corrected chi connectivity index (χ4v) is 8.83. The highest BCUT2D eigenvalue weighted by atomic mass is 32.2. The van der Waals surface area contributed by atoms with Gasteiger partial charge in [-0.15, -0.1) is 0 Å². The quantitative estimate of drug-likeness (QED) is 0.382.